The summed E-state index contributed by atoms with van der Waals surface area (Å²) < 4.78 is 1.87. The minimum absolute atomic E-state index is 0.285. The summed E-state index contributed by atoms with van der Waals surface area (Å²) in [5.74, 6) is 0. The maximum atomic E-state index is 4.47. The smallest absolute Gasteiger partial charge is 0.0853 e. The van der Waals surface area contributed by atoms with Crippen molar-refractivity contribution in [2.24, 2.45) is 7.05 Å². The molecule has 102 valence electrons. The van der Waals surface area contributed by atoms with E-state index in [1.54, 1.807) is 0 Å². The summed E-state index contributed by atoms with van der Waals surface area (Å²) in [5, 5.41) is 8.03. The molecule has 0 radical (unpaired) electrons. The highest BCUT2D eigenvalue weighted by atomic mass is 15.3. The van der Waals surface area contributed by atoms with Crippen molar-refractivity contribution < 1.29 is 0 Å². The van der Waals surface area contributed by atoms with Gasteiger partial charge < -0.3 is 5.32 Å². The molecule has 1 unspecified atom stereocenters. The molecule has 0 fully saturated rings. The molecule has 1 N–H and O–H groups in total. The van der Waals surface area contributed by atoms with Gasteiger partial charge in [0.25, 0.3) is 0 Å². The third-order valence-corrected chi connectivity index (χ3v) is 3.36. The summed E-state index contributed by atoms with van der Waals surface area (Å²) in [6, 6.07) is 6.98. The van der Waals surface area contributed by atoms with E-state index in [1.165, 1.54) is 16.7 Å². The molecule has 3 heteroatoms. The SMILES string of the molecule is CCc1nn(C)cc1NC(C)c1cc(C)cc(C)c1. The van der Waals surface area contributed by atoms with E-state index in [2.05, 4.69) is 62.5 Å². The van der Waals surface area contributed by atoms with E-state index >= 15 is 0 Å². The van der Waals surface area contributed by atoms with Crippen molar-refractivity contribution >= 4 is 5.69 Å². The van der Waals surface area contributed by atoms with Crippen LogP contribution in [-0.2, 0) is 13.5 Å². The van der Waals surface area contributed by atoms with Crippen molar-refractivity contribution in [2.45, 2.75) is 40.2 Å². The van der Waals surface area contributed by atoms with Gasteiger partial charge in [-0.1, -0.05) is 36.2 Å². The number of aromatic nitrogens is 2. The predicted octanol–water partition coefficient (Wildman–Crippen LogP) is 3.77. The van der Waals surface area contributed by atoms with Gasteiger partial charge in [0.1, 0.15) is 0 Å². The van der Waals surface area contributed by atoms with Crippen LogP contribution < -0.4 is 5.32 Å². The van der Waals surface area contributed by atoms with E-state index in [4.69, 9.17) is 0 Å². The normalized spacial score (nSPS) is 12.5. The summed E-state index contributed by atoms with van der Waals surface area (Å²) in [4.78, 5) is 0. The highest BCUT2D eigenvalue weighted by molar-refractivity contribution is 5.48. The fourth-order valence-electron chi connectivity index (χ4n) is 2.49. The Morgan fingerprint density at radius 2 is 1.84 bits per heavy atom. The number of nitrogens with zero attached hydrogens (tertiary/aromatic N) is 2. The number of aryl methyl sites for hydroxylation is 4. The molecule has 0 saturated heterocycles. The molecule has 0 aliphatic rings. The molecule has 0 aliphatic heterocycles. The van der Waals surface area contributed by atoms with E-state index in [-0.39, 0.29) is 6.04 Å². The van der Waals surface area contributed by atoms with Gasteiger partial charge in [-0.3, -0.25) is 4.68 Å². The maximum Gasteiger partial charge on any atom is 0.0853 e. The standard InChI is InChI=1S/C16H23N3/c1-6-15-16(10-19(5)18-15)17-13(4)14-8-11(2)7-12(3)9-14/h7-10,13,17H,6H2,1-5H3. The molecular weight excluding hydrogens is 234 g/mol. The molecule has 3 nitrogen and oxygen atoms in total. The molecule has 2 rings (SSSR count). The monoisotopic (exact) mass is 257 g/mol. The average Bonchev–Trinajstić information content (AvgIpc) is 2.68. The van der Waals surface area contributed by atoms with Crippen LogP contribution in [0.3, 0.4) is 0 Å². The zero-order valence-electron chi connectivity index (χ0n) is 12.5. The summed E-state index contributed by atoms with van der Waals surface area (Å²) in [7, 11) is 1.96. The van der Waals surface area contributed by atoms with Gasteiger partial charge >= 0.3 is 0 Å². The third kappa shape index (κ3) is 3.16. The van der Waals surface area contributed by atoms with Crippen molar-refractivity contribution in [3.8, 4) is 0 Å². The van der Waals surface area contributed by atoms with Crippen LogP contribution in [-0.4, -0.2) is 9.78 Å². The van der Waals surface area contributed by atoms with Crippen LogP contribution in [0.15, 0.2) is 24.4 Å². The van der Waals surface area contributed by atoms with Crippen LogP contribution in [0.2, 0.25) is 0 Å². The second kappa shape index (κ2) is 5.47. The minimum atomic E-state index is 0.285. The number of anilines is 1. The molecular formula is C16H23N3. The molecule has 1 atom stereocenters. The Labute approximate surface area is 115 Å². The van der Waals surface area contributed by atoms with Crippen molar-refractivity contribution in [1.29, 1.82) is 0 Å². The highest BCUT2D eigenvalue weighted by Gasteiger charge is 2.11. The van der Waals surface area contributed by atoms with Gasteiger partial charge in [0, 0.05) is 19.3 Å². The Morgan fingerprint density at radius 1 is 1.21 bits per heavy atom. The highest BCUT2D eigenvalue weighted by Crippen LogP contribution is 2.23. The maximum absolute atomic E-state index is 4.47. The van der Waals surface area contributed by atoms with Gasteiger partial charge in [0.05, 0.1) is 11.4 Å². The summed E-state index contributed by atoms with van der Waals surface area (Å²) in [6.45, 7) is 8.62. The van der Waals surface area contributed by atoms with Crippen LogP contribution in [0.4, 0.5) is 5.69 Å². The molecule has 1 heterocycles. The van der Waals surface area contributed by atoms with Crippen LogP contribution in [0.5, 0.6) is 0 Å². The lowest BCUT2D eigenvalue weighted by Crippen LogP contribution is -2.08. The summed E-state index contributed by atoms with van der Waals surface area (Å²) in [5.41, 5.74) is 6.20. The third-order valence-electron chi connectivity index (χ3n) is 3.36. The summed E-state index contributed by atoms with van der Waals surface area (Å²) in [6.07, 6.45) is 3.00. The number of benzene rings is 1. The average molecular weight is 257 g/mol. The number of nitrogens with one attached hydrogen (secondary N) is 1. The minimum Gasteiger partial charge on any atom is -0.376 e. The van der Waals surface area contributed by atoms with Gasteiger partial charge in [-0.05, 0) is 32.8 Å². The Kier molecular flexibility index (Phi) is 3.93. The van der Waals surface area contributed by atoms with E-state index in [0.29, 0.717) is 0 Å². The number of hydrogen-bond acceptors (Lipinski definition) is 2. The molecule has 0 aliphatic carbocycles. The quantitative estimate of drug-likeness (QED) is 0.903. The Hall–Kier alpha value is -1.77. The molecule has 1 aromatic heterocycles. The molecule has 0 saturated carbocycles. The van der Waals surface area contributed by atoms with Crippen LogP contribution in [0.25, 0.3) is 0 Å². The molecule has 0 bridgehead atoms. The van der Waals surface area contributed by atoms with Gasteiger partial charge in [0.2, 0.25) is 0 Å². The molecule has 2 aromatic rings. The van der Waals surface area contributed by atoms with Crippen molar-refractivity contribution in [3.05, 3.63) is 46.8 Å². The Bertz CT molecular complexity index is 549. The molecule has 1 aromatic carbocycles. The molecule has 0 amide bonds. The van der Waals surface area contributed by atoms with Gasteiger partial charge in [0.15, 0.2) is 0 Å². The second-order valence-corrected chi connectivity index (χ2v) is 5.30. The van der Waals surface area contributed by atoms with E-state index in [1.807, 2.05) is 11.7 Å². The predicted molar refractivity (Wildman–Crippen MR) is 80.5 cm³/mol. The van der Waals surface area contributed by atoms with Crippen LogP contribution in [0, 0.1) is 13.8 Å². The first kappa shape index (κ1) is 13.7. The van der Waals surface area contributed by atoms with Gasteiger partial charge in [-0.25, -0.2) is 0 Å². The van der Waals surface area contributed by atoms with E-state index in [9.17, 15) is 0 Å². The van der Waals surface area contributed by atoms with E-state index in [0.717, 1.165) is 17.8 Å². The fraction of sp³-hybridized carbons (Fsp3) is 0.438. The second-order valence-electron chi connectivity index (χ2n) is 5.30. The lowest BCUT2D eigenvalue weighted by Gasteiger charge is -2.16. The molecule has 19 heavy (non-hydrogen) atoms. The zero-order valence-corrected chi connectivity index (χ0v) is 12.5. The topological polar surface area (TPSA) is 29.9 Å². The van der Waals surface area contributed by atoms with Gasteiger partial charge in [-0.2, -0.15) is 5.10 Å². The van der Waals surface area contributed by atoms with Crippen LogP contribution in [0.1, 0.15) is 42.3 Å². The number of hydrogen-bond donors (Lipinski definition) is 1. The summed E-state index contributed by atoms with van der Waals surface area (Å²) >= 11 is 0. The largest absolute Gasteiger partial charge is 0.376 e. The lowest BCUT2D eigenvalue weighted by atomic mass is 10.0. The zero-order chi connectivity index (χ0) is 14.0. The van der Waals surface area contributed by atoms with Crippen molar-refractivity contribution in [3.63, 3.8) is 0 Å². The lowest BCUT2D eigenvalue weighted by molar-refractivity contribution is 0.746. The first-order valence-corrected chi connectivity index (χ1v) is 6.87. The first-order chi connectivity index (χ1) is 8.99. The Morgan fingerprint density at radius 3 is 2.42 bits per heavy atom. The van der Waals surface area contributed by atoms with Crippen molar-refractivity contribution in [2.75, 3.05) is 5.32 Å². The number of rotatable bonds is 4. The first-order valence-electron chi connectivity index (χ1n) is 6.87. The fourth-order valence-corrected chi connectivity index (χ4v) is 2.49. The Balaban J connectivity index is 2.22. The molecule has 0 spiro atoms. The van der Waals surface area contributed by atoms with Crippen LogP contribution >= 0.6 is 0 Å². The van der Waals surface area contributed by atoms with Crippen molar-refractivity contribution in [1.82, 2.24) is 9.78 Å². The van der Waals surface area contributed by atoms with Gasteiger partial charge in [-0.15, -0.1) is 0 Å². The van der Waals surface area contributed by atoms with E-state index < -0.39 is 0 Å².